The molecule has 0 saturated heterocycles. The third-order valence-electron chi connectivity index (χ3n) is 1.92. The minimum Gasteiger partial charge on any atom is -0.504 e. The molecule has 0 amide bonds. The van der Waals surface area contributed by atoms with Gasteiger partial charge < -0.3 is 9.84 Å². The quantitative estimate of drug-likeness (QED) is 0.580. The topological polar surface area (TPSA) is 70.3 Å². The summed E-state index contributed by atoms with van der Waals surface area (Å²) in [6, 6.07) is 6.22. The molecule has 4 heteroatoms. The number of nitriles is 1. The summed E-state index contributed by atoms with van der Waals surface area (Å²) >= 11 is 0. The highest BCUT2D eigenvalue weighted by Gasteiger charge is 2.25. The van der Waals surface area contributed by atoms with Crippen molar-refractivity contribution in [2.45, 2.75) is 20.8 Å². The second-order valence-electron chi connectivity index (χ2n) is 4.41. The van der Waals surface area contributed by atoms with Gasteiger partial charge in [0.05, 0.1) is 11.0 Å². The summed E-state index contributed by atoms with van der Waals surface area (Å²) in [4.78, 5) is 11.6. The zero-order valence-electron chi connectivity index (χ0n) is 9.44. The number of carbonyl (C=O) groups is 1. The lowest BCUT2D eigenvalue weighted by Crippen LogP contribution is -2.25. The van der Waals surface area contributed by atoms with Crippen molar-refractivity contribution < 1.29 is 14.6 Å². The van der Waals surface area contributed by atoms with Gasteiger partial charge in [-0.2, -0.15) is 5.26 Å². The molecule has 1 N–H and O–H groups in total. The molecule has 1 rings (SSSR count). The van der Waals surface area contributed by atoms with Gasteiger partial charge in [0.1, 0.15) is 6.07 Å². The maximum absolute atomic E-state index is 11.6. The summed E-state index contributed by atoms with van der Waals surface area (Å²) in [5.41, 5.74) is -0.549. The Labute approximate surface area is 94.1 Å². The number of rotatable bonds is 1. The van der Waals surface area contributed by atoms with Gasteiger partial charge in [0.15, 0.2) is 11.5 Å². The molecular formula is C12H13NO3. The van der Waals surface area contributed by atoms with E-state index < -0.39 is 11.4 Å². The van der Waals surface area contributed by atoms with E-state index in [2.05, 4.69) is 0 Å². The third kappa shape index (κ3) is 2.51. The molecule has 0 atom stereocenters. The lowest BCUT2D eigenvalue weighted by molar-refractivity contribution is -0.143. The number of phenols is 1. The van der Waals surface area contributed by atoms with E-state index in [1.165, 1.54) is 18.2 Å². The standard InChI is InChI=1S/C12H13NO3/c1-12(2,3)11(15)16-10-8(7-13)5-4-6-9(10)14/h4-6,14H,1-3H3. The molecule has 0 spiro atoms. The number of hydrogen-bond donors (Lipinski definition) is 1. The van der Waals surface area contributed by atoms with Gasteiger partial charge in [0.2, 0.25) is 0 Å². The van der Waals surface area contributed by atoms with Gasteiger partial charge in [0, 0.05) is 0 Å². The molecule has 16 heavy (non-hydrogen) atoms. The number of para-hydroxylation sites is 1. The van der Waals surface area contributed by atoms with E-state index in [-0.39, 0.29) is 17.1 Å². The first-order valence-corrected chi connectivity index (χ1v) is 4.80. The monoisotopic (exact) mass is 219 g/mol. The van der Waals surface area contributed by atoms with E-state index in [4.69, 9.17) is 10.00 Å². The maximum atomic E-state index is 11.6. The Hall–Kier alpha value is -2.02. The third-order valence-corrected chi connectivity index (χ3v) is 1.92. The second-order valence-corrected chi connectivity index (χ2v) is 4.41. The van der Waals surface area contributed by atoms with Crippen LogP contribution in [0.5, 0.6) is 11.5 Å². The number of phenolic OH excluding ortho intramolecular Hbond substituents is 1. The van der Waals surface area contributed by atoms with E-state index >= 15 is 0 Å². The molecule has 0 bridgehead atoms. The predicted octanol–water partition coefficient (Wildman–Crippen LogP) is 2.22. The van der Waals surface area contributed by atoms with Gasteiger partial charge in [-0.05, 0) is 32.9 Å². The lowest BCUT2D eigenvalue weighted by Gasteiger charge is -2.17. The Balaban J connectivity index is 3.07. The lowest BCUT2D eigenvalue weighted by atomic mass is 9.97. The number of benzene rings is 1. The Kier molecular flexibility index (Phi) is 3.19. The molecule has 0 heterocycles. The highest BCUT2D eigenvalue weighted by Crippen LogP contribution is 2.31. The van der Waals surface area contributed by atoms with Crippen LogP contribution in [0, 0.1) is 16.7 Å². The molecule has 0 aliphatic heterocycles. The number of aromatic hydroxyl groups is 1. The maximum Gasteiger partial charge on any atom is 0.316 e. The van der Waals surface area contributed by atoms with Crippen molar-refractivity contribution >= 4 is 5.97 Å². The Morgan fingerprint density at radius 2 is 2.06 bits per heavy atom. The first-order valence-electron chi connectivity index (χ1n) is 4.80. The minimum absolute atomic E-state index is 0.0788. The van der Waals surface area contributed by atoms with Gasteiger partial charge in [-0.3, -0.25) is 4.79 Å². The fourth-order valence-electron chi connectivity index (χ4n) is 0.966. The van der Waals surface area contributed by atoms with Crippen LogP contribution in [0.1, 0.15) is 26.3 Å². The van der Waals surface area contributed by atoms with Crippen molar-refractivity contribution in [3.8, 4) is 17.6 Å². The van der Waals surface area contributed by atoms with E-state index in [9.17, 15) is 9.90 Å². The minimum atomic E-state index is -0.686. The fraction of sp³-hybridized carbons (Fsp3) is 0.333. The average molecular weight is 219 g/mol. The summed E-state index contributed by atoms with van der Waals surface area (Å²) in [7, 11) is 0. The SMILES string of the molecule is CC(C)(C)C(=O)Oc1c(O)cccc1C#N. The molecule has 0 radical (unpaired) electrons. The molecule has 1 aromatic rings. The number of nitrogens with zero attached hydrogens (tertiary/aromatic N) is 1. The van der Waals surface area contributed by atoms with Gasteiger partial charge in [-0.1, -0.05) is 6.07 Å². The van der Waals surface area contributed by atoms with Crippen LogP contribution in [0.25, 0.3) is 0 Å². The molecule has 0 saturated carbocycles. The number of ether oxygens (including phenoxy) is 1. The predicted molar refractivity (Wildman–Crippen MR) is 57.9 cm³/mol. The largest absolute Gasteiger partial charge is 0.504 e. The molecular weight excluding hydrogens is 206 g/mol. The van der Waals surface area contributed by atoms with Crippen LogP contribution in [-0.2, 0) is 4.79 Å². The Morgan fingerprint density at radius 1 is 1.44 bits per heavy atom. The molecule has 0 aliphatic carbocycles. The van der Waals surface area contributed by atoms with Crippen molar-refractivity contribution in [3.63, 3.8) is 0 Å². The number of hydrogen-bond acceptors (Lipinski definition) is 4. The van der Waals surface area contributed by atoms with Gasteiger partial charge >= 0.3 is 5.97 Å². The molecule has 0 fully saturated rings. The summed E-state index contributed by atoms with van der Waals surface area (Å²) < 4.78 is 5.02. The van der Waals surface area contributed by atoms with Crippen molar-refractivity contribution in [2.75, 3.05) is 0 Å². The zero-order valence-corrected chi connectivity index (χ0v) is 9.44. The van der Waals surface area contributed by atoms with Crippen molar-refractivity contribution in [1.82, 2.24) is 0 Å². The summed E-state index contributed by atoms with van der Waals surface area (Å²) in [5, 5.41) is 18.3. The first-order chi connectivity index (χ1) is 7.36. The van der Waals surface area contributed by atoms with E-state index in [1.54, 1.807) is 20.8 Å². The highest BCUT2D eigenvalue weighted by molar-refractivity contribution is 5.79. The van der Waals surface area contributed by atoms with Crippen LogP contribution in [-0.4, -0.2) is 11.1 Å². The summed E-state index contributed by atoms with van der Waals surface area (Å²) in [6.07, 6.45) is 0. The second kappa shape index (κ2) is 4.23. The van der Waals surface area contributed by atoms with E-state index in [0.717, 1.165) is 0 Å². The summed E-state index contributed by atoms with van der Waals surface area (Å²) in [6.45, 7) is 5.09. The zero-order chi connectivity index (χ0) is 12.3. The van der Waals surface area contributed by atoms with Crippen molar-refractivity contribution in [1.29, 1.82) is 5.26 Å². The molecule has 1 aromatic carbocycles. The smallest absolute Gasteiger partial charge is 0.316 e. The van der Waals surface area contributed by atoms with Crippen molar-refractivity contribution in [2.24, 2.45) is 5.41 Å². The van der Waals surface area contributed by atoms with Crippen LogP contribution >= 0.6 is 0 Å². The Morgan fingerprint density at radius 3 is 2.56 bits per heavy atom. The van der Waals surface area contributed by atoms with Crippen LogP contribution in [0.2, 0.25) is 0 Å². The average Bonchev–Trinajstić information content (AvgIpc) is 2.19. The van der Waals surface area contributed by atoms with Crippen LogP contribution in [0.15, 0.2) is 18.2 Å². The number of carbonyl (C=O) groups excluding carboxylic acids is 1. The first kappa shape index (κ1) is 12.1. The molecule has 0 aromatic heterocycles. The van der Waals surface area contributed by atoms with E-state index in [0.29, 0.717) is 0 Å². The van der Waals surface area contributed by atoms with Crippen LogP contribution < -0.4 is 4.74 Å². The molecule has 4 nitrogen and oxygen atoms in total. The normalized spacial score (nSPS) is 10.6. The fourth-order valence-corrected chi connectivity index (χ4v) is 0.966. The van der Waals surface area contributed by atoms with Gasteiger partial charge in [-0.25, -0.2) is 0 Å². The molecule has 84 valence electrons. The van der Waals surface area contributed by atoms with Gasteiger partial charge in [-0.15, -0.1) is 0 Å². The van der Waals surface area contributed by atoms with E-state index in [1.807, 2.05) is 6.07 Å². The summed E-state index contributed by atoms with van der Waals surface area (Å²) in [5.74, 6) is -0.785. The Bertz CT molecular complexity index is 452. The highest BCUT2D eigenvalue weighted by atomic mass is 16.5. The van der Waals surface area contributed by atoms with Crippen LogP contribution in [0.3, 0.4) is 0 Å². The number of esters is 1. The van der Waals surface area contributed by atoms with Crippen molar-refractivity contribution in [3.05, 3.63) is 23.8 Å². The molecule has 0 aliphatic rings. The molecule has 0 unspecified atom stereocenters. The van der Waals surface area contributed by atoms with Gasteiger partial charge in [0.25, 0.3) is 0 Å². The van der Waals surface area contributed by atoms with Crippen LogP contribution in [0.4, 0.5) is 0 Å².